The minimum atomic E-state index is 0.0702. The molecule has 0 radical (unpaired) electrons. The standard InChI is InChI=1S/C18H26N2O/c1-3-7-15(2)18(21)19-11-6-12-20-13-10-16-8-4-5-9-17(16)14-20/h4-5,7-9H,3,6,10-14H2,1-2H3,(H,19,21). The van der Waals surface area contributed by atoms with Gasteiger partial charge in [-0.25, -0.2) is 0 Å². The molecular weight excluding hydrogens is 260 g/mol. The summed E-state index contributed by atoms with van der Waals surface area (Å²) in [6.45, 7) is 7.89. The quantitative estimate of drug-likeness (QED) is 0.644. The van der Waals surface area contributed by atoms with Crippen LogP contribution in [0.4, 0.5) is 0 Å². The van der Waals surface area contributed by atoms with E-state index in [2.05, 4.69) is 34.5 Å². The Morgan fingerprint density at radius 2 is 2.10 bits per heavy atom. The summed E-state index contributed by atoms with van der Waals surface area (Å²) in [5.41, 5.74) is 3.77. The Labute approximate surface area is 128 Å². The van der Waals surface area contributed by atoms with Gasteiger partial charge in [-0.3, -0.25) is 9.69 Å². The molecule has 0 atom stereocenters. The van der Waals surface area contributed by atoms with E-state index >= 15 is 0 Å². The van der Waals surface area contributed by atoms with Gasteiger partial charge in [-0.05, 0) is 37.3 Å². The van der Waals surface area contributed by atoms with Crippen LogP contribution in [0.5, 0.6) is 0 Å². The highest BCUT2D eigenvalue weighted by molar-refractivity contribution is 5.92. The predicted octanol–water partition coefficient (Wildman–Crippen LogP) is 2.91. The highest BCUT2D eigenvalue weighted by Gasteiger charge is 2.14. The van der Waals surface area contributed by atoms with Crippen LogP contribution in [0.15, 0.2) is 35.9 Å². The second kappa shape index (κ2) is 7.99. The fourth-order valence-electron chi connectivity index (χ4n) is 2.79. The van der Waals surface area contributed by atoms with Crippen molar-refractivity contribution in [3.8, 4) is 0 Å². The average Bonchev–Trinajstić information content (AvgIpc) is 2.51. The van der Waals surface area contributed by atoms with Crippen molar-refractivity contribution in [3.05, 3.63) is 47.0 Å². The van der Waals surface area contributed by atoms with Crippen LogP contribution in [-0.4, -0.2) is 30.4 Å². The lowest BCUT2D eigenvalue weighted by molar-refractivity contribution is -0.117. The van der Waals surface area contributed by atoms with E-state index in [1.165, 1.54) is 11.1 Å². The average molecular weight is 286 g/mol. The van der Waals surface area contributed by atoms with Crippen LogP contribution in [0.1, 0.15) is 37.8 Å². The summed E-state index contributed by atoms with van der Waals surface area (Å²) < 4.78 is 0. The van der Waals surface area contributed by atoms with Crippen molar-refractivity contribution in [3.63, 3.8) is 0 Å². The highest BCUT2D eigenvalue weighted by Crippen LogP contribution is 2.18. The van der Waals surface area contributed by atoms with Crippen molar-refractivity contribution in [2.24, 2.45) is 0 Å². The largest absolute Gasteiger partial charge is 0.352 e. The van der Waals surface area contributed by atoms with E-state index in [0.717, 1.165) is 51.0 Å². The Kier molecular flexibility index (Phi) is 6.00. The number of benzene rings is 1. The number of hydrogen-bond acceptors (Lipinski definition) is 2. The van der Waals surface area contributed by atoms with Crippen molar-refractivity contribution >= 4 is 5.91 Å². The molecule has 0 saturated carbocycles. The topological polar surface area (TPSA) is 32.3 Å². The van der Waals surface area contributed by atoms with Gasteiger partial charge in [0.1, 0.15) is 0 Å². The van der Waals surface area contributed by atoms with Gasteiger partial charge in [0.2, 0.25) is 5.91 Å². The highest BCUT2D eigenvalue weighted by atomic mass is 16.1. The molecule has 0 fully saturated rings. The molecule has 1 aromatic carbocycles. The monoisotopic (exact) mass is 286 g/mol. The first kappa shape index (κ1) is 15.8. The first-order valence-corrected chi connectivity index (χ1v) is 7.94. The number of amides is 1. The number of nitrogens with one attached hydrogen (secondary N) is 1. The molecule has 0 bridgehead atoms. The Hall–Kier alpha value is -1.61. The second-order valence-electron chi connectivity index (χ2n) is 5.70. The van der Waals surface area contributed by atoms with Crippen LogP contribution in [0.3, 0.4) is 0 Å². The molecule has 114 valence electrons. The van der Waals surface area contributed by atoms with Gasteiger partial charge in [-0.2, -0.15) is 0 Å². The Morgan fingerprint density at radius 3 is 2.86 bits per heavy atom. The van der Waals surface area contributed by atoms with Crippen LogP contribution in [-0.2, 0) is 17.8 Å². The van der Waals surface area contributed by atoms with Crippen LogP contribution in [0.25, 0.3) is 0 Å². The van der Waals surface area contributed by atoms with Crippen LogP contribution >= 0.6 is 0 Å². The molecule has 1 N–H and O–H groups in total. The minimum absolute atomic E-state index is 0.0702. The zero-order valence-electron chi connectivity index (χ0n) is 13.2. The first-order valence-electron chi connectivity index (χ1n) is 7.94. The van der Waals surface area contributed by atoms with Crippen molar-refractivity contribution in [2.75, 3.05) is 19.6 Å². The SMILES string of the molecule is CCC=C(C)C(=O)NCCCN1CCc2ccccc2C1. The maximum absolute atomic E-state index is 11.8. The number of carbonyl (C=O) groups is 1. The van der Waals surface area contributed by atoms with Crippen molar-refractivity contribution in [1.82, 2.24) is 10.2 Å². The lowest BCUT2D eigenvalue weighted by Crippen LogP contribution is -2.33. The molecule has 0 unspecified atom stereocenters. The van der Waals surface area contributed by atoms with Gasteiger partial charge in [-0.15, -0.1) is 0 Å². The summed E-state index contributed by atoms with van der Waals surface area (Å²) in [5, 5.41) is 2.99. The Bertz CT molecular complexity index is 508. The summed E-state index contributed by atoms with van der Waals surface area (Å²) >= 11 is 0. The summed E-state index contributed by atoms with van der Waals surface area (Å²) in [6.07, 6.45) is 5.03. The van der Waals surface area contributed by atoms with E-state index in [1.54, 1.807) is 0 Å². The molecule has 1 aliphatic heterocycles. The number of fused-ring (bicyclic) bond motifs is 1. The number of nitrogens with zero attached hydrogens (tertiary/aromatic N) is 1. The van der Waals surface area contributed by atoms with Crippen molar-refractivity contribution in [1.29, 1.82) is 0 Å². The molecular formula is C18H26N2O. The molecule has 0 aromatic heterocycles. The zero-order valence-corrected chi connectivity index (χ0v) is 13.2. The van der Waals surface area contributed by atoms with E-state index < -0.39 is 0 Å². The maximum atomic E-state index is 11.8. The maximum Gasteiger partial charge on any atom is 0.246 e. The molecule has 0 aliphatic carbocycles. The molecule has 21 heavy (non-hydrogen) atoms. The predicted molar refractivity (Wildman–Crippen MR) is 87.1 cm³/mol. The van der Waals surface area contributed by atoms with Crippen molar-refractivity contribution in [2.45, 2.75) is 39.7 Å². The molecule has 1 aliphatic rings. The lowest BCUT2D eigenvalue weighted by Gasteiger charge is -2.28. The zero-order chi connectivity index (χ0) is 15.1. The van der Waals surface area contributed by atoms with Crippen LogP contribution in [0.2, 0.25) is 0 Å². The van der Waals surface area contributed by atoms with E-state index in [-0.39, 0.29) is 5.91 Å². The van der Waals surface area contributed by atoms with Gasteiger partial charge >= 0.3 is 0 Å². The molecule has 1 aromatic rings. The van der Waals surface area contributed by atoms with Gasteiger partial charge in [0.15, 0.2) is 0 Å². The third-order valence-corrected chi connectivity index (χ3v) is 4.01. The van der Waals surface area contributed by atoms with Gasteiger partial charge in [0.25, 0.3) is 0 Å². The molecule has 1 amide bonds. The number of hydrogen-bond donors (Lipinski definition) is 1. The van der Waals surface area contributed by atoms with Gasteiger partial charge in [0, 0.05) is 31.8 Å². The van der Waals surface area contributed by atoms with Gasteiger partial charge in [0.05, 0.1) is 0 Å². The summed E-state index contributed by atoms with van der Waals surface area (Å²) in [4.78, 5) is 14.2. The normalized spacial score (nSPS) is 15.6. The fraction of sp³-hybridized carbons (Fsp3) is 0.500. The fourth-order valence-corrected chi connectivity index (χ4v) is 2.79. The third-order valence-electron chi connectivity index (χ3n) is 4.01. The summed E-state index contributed by atoms with van der Waals surface area (Å²) in [6, 6.07) is 8.69. The van der Waals surface area contributed by atoms with Crippen LogP contribution < -0.4 is 5.32 Å². The number of rotatable bonds is 6. The third kappa shape index (κ3) is 4.71. The molecule has 3 nitrogen and oxygen atoms in total. The molecule has 1 heterocycles. The van der Waals surface area contributed by atoms with E-state index in [4.69, 9.17) is 0 Å². The summed E-state index contributed by atoms with van der Waals surface area (Å²) in [7, 11) is 0. The lowest BCUT2D eigenvalue weighted by atomic mass is 10.00. The second-order valence-corrected chi connectivity index (χ2v) is 5.70. The first-order chi connectivity index (χ1) is 10.2. The number of carbonyl (C=O) groups excluding carboxylic acids is 1. The smallest absolute Gasteiger partial charge is 0.246 e. The molecule has 2 rings (SSSR count). The van der Waals surface area contributed by atoms with E-state index in [9.17, 15) is 4.79 Å². The molecule has 0 saturated heterocycles. The summed E-state index contributed by atoms with van der Waals surface area (Å²) in [5.74, 6) is 0.0702. The molecule has 0 spiro atoms. The van der Waals surface area contributed by atoms with E-state index in [0.29, 0.717) is 0 Å². The number of allylic oxidation sites excluding steroid dienone is 1. The van der Waals surface area contributed by atoms with Crippen LogP contribution in [0, 0.1) is 0 Å². The Balaban J connectivity index is 1.69. The van der Waals surface area contributed by atoms with Gasteiger partial charge in [-0.1, -0.05) is 37.3 Å². The minimum Gasteiger partial charge on any atom is -0.352 e. The van der Waals surface area contributed by atoms with Gasteiger partial charge < -0.3 is 5.32 Å². The van der Waals surface area contributed by atoms with E-state index in [1.807, 2.05) is 19.9 Å². The van der Waals surface area contributed by atoms with Crippen molar-refractivity contribution < 1.29 is 4.79 Å². The Morgan fingerprint density at radius 1 is 1.33 bits per heavy atom. The molecule has 3 heteroatoms.